The van der Waals surface area contributed by atoms with Crippen molar-refractivity contribution < 1.29 is 9.90 Å². The molecule has 3 heteroatoms. The van der Waals surface area contributed by atoms with Crippen molar-refractivity contribution in [3.05, 3.63) is 35.5 Å². The molecule has 2 aromatic rings. The lowest BCUT2D eigenvalue weighted by Crippen LogP contribution is -2.13. The van der Waals surface area contributed by atoms with Gasteiger partial charge in [0.05, 0.1) is 5.56 Å². The molecule has 1 aliphatic carbocycles. The monoisotopic (exact) mass is 271 g/mol. The van der Waals surface area contributed by atoms with Crippen molar-refractivity contribution in [2.24, 2.45) is 5.92 Å². The summed E-state index contributed by atoms with van der Waals surface area (Å²) in [5.74, 6) is -0.109. The Morgan fingerprint density at radius 2 is 2.05 bits per heavy atom. The van der Waals surface area contributed by atoms with Gasteiger partial charge in [0.25, 0.3) is 0 Å². The van der Waals surface area contributed by atoms with Crippen LogP contribution in [0, 0.1) is 12.8 Å². The summed E-state index contributed by atoms with van der Waals surface area (Å²) in [6, 6.07) is 5.45. The van der Waals surface area contributed by atoms with Crippen LogP contribution < -0.4 is 0 Å². The van der Waals surface area contributed by atoms with E-state index >= 15 is 0 Å². The Morgan fingerprint density at radius 3 is 2.75 bits per heavy atom. The lowest BCUT2D eigenvalue weighted by molar-refractivity contribution is 0.0697. The summed E-state index contributed by atoms with van der Waals surface area (Å²) < 4.78 is 2.26. The highest BCUT2D eigenvalue weighted by molar-refractivity contribution is 5.94. The van der Waals surface area contributed by atoms with E-state index in [4.69, 9.17) is 5.11 Å². The summed E-state index contributed by atoms with van der Waals surface area (Å²) in [6.07, 6.45) is 8.82. The minimum absolute atomic E-state index is 0.375. The third kappa shape index (κ3) is 2.45. The van der Waals surface area contributed by atoms with Gasteiger partial charge in [-0.15, -0.1) is 0 Å². The number of carboxylic acids is 1. The summed E-state index contributed by atoms with van der Waals surface area (Å²) in [6.45, 7) is 3.12. The van der Waals surface area contributed by atoms with Crippen molar-refractivity contribution in [3.63, 3.8) is 0 Å². The number of fused-ring (bicyclic) bond motifs is 1. The predicted molar refractivity (Wildman–Crippen MR) is 80.2 cm³/mol. The van der Waals surface area contributed by atoms with Gasteiger partial charge in [-0.25, -0.2) is 4.79 Å². The average molecular weight is 271 g/mol. The van der Waals surface area contributed by atoms with E-state index in [9.17, 15) is 4.79 Å². The standard InChI is InChI=1S/C17H21NO2/c1-12-10-18(11-13-5-3-2-4-6-13)16-9-14(17(19)20)7-8-15(12)16/h7-10,13H,2-6,11H2,1H3,(H,19,20). The SMILES string of the molecule is Cc1cn(CC2CCCCC2)c2cc(C(=O)O)ccc12. The zero-order valence-corrected chi connectivity index (χ0v) is 11.9. The van der Waals surface area contributed by atoms with Gasteiger partial charge in [-0.3, -0.25) is 0 Å². The predicted octanol–water partition coefficient (Wildman–Crippen LogP) is 4.23. The fraction of sp³-hybridized carbons (Fsp3) is 0.471. The molecule has 1 aliphatic rings. The third-order valence-electron chi connectivity index (χ3n) is 4.51. The van der Waals surface area contributed by atoms with Crippen molar-refractivity contribution in [3.8, 4) is 0 Å². The van der Waals surface area contributed by atoms with E-state index in [-0.39, 0.29) is 0 Å². The quantitative estimate of drug-likeness (QED) is 0.907. The molecule has 0 bridgehead atoms. The van der Waals surface area contributed by atoms with Gasteiger partial charge in [0, 0.05) is 23.6 Å². The van der Waals surface area contributed by atoms with E-state index in [2.05, 4.69) is 17.7 Å². The van der Waals surface area contributed by atoms with Crippen LogP contribution in [0.2, 0.25) is 0 Å². The van der Waals surface area contributed by atoms with Crippen LogP contribution in [-0.4, -0.2) is 15.6 Å². The van der Waals surface area contributed by atoms with Gasteiger partial charge < -0.3 is 9.67 Å². The number of aryl methyl sites for hydroxylation is 1. The van der Waals surface area contributed by atoms with E-state index in [1.165, 1.54) is 43.1 Å². The molecule has 0 amide bonds. The van der Waals surface area contributed by atoms with Crippen LogP contribution in [0.3, 0.4) is 0 Å². The molecule has 1 fully saturated rings. The Kier molecular flexibility index (Phi) is 3.51. The highest BCUT2D eigenvalue weighted by atomic mass is 16.4. The van der Waals surface area contributed by atoms with Crippen LogP contribution in [0.15, 0.2) is 24.4 Å². The van der Waals surface area contributed by atoms with Crippen molar-refractivity contribution in [1.82, 2.24) is 4.57 Å². The Bertz CT molecular complexity index is 636. The van der Waals surface area contributed by atoms with Crippen molar-refractivity contribution in [2.45, 2.75) is 45.6 Å². The number of hydrogen-bond donors (Lipinski definition) is 1. The molecule has 106 valence electrons. The number of carbonyl (C=O) groups is 1. The maximum Gasteiger partial charge on any atom is 0.335 e. The highest BCUT2D eigenvalue weighted by Gasteiger charge is 2.16. The molecule has 3 nitrogen and oxygen atoms in total. The van der Waals surface area contributed by atoms with E-state index in [0.717, 1.165) is 18.0 Å². The second-order valence-electron chi connectivity index (χ2n) is 6.01. The van der Waals surface area contributed by atoms with Crippen LogP contribution in [0.1, 0.15) is 48.0 Å². The van der Waals surface area contributed by atoms with Gasteiger partial charge in [-0.05, 0) is 43.4 Å². The van der Waals surface area contributed by atoms with Gasteiger partial charge in [0.1, 0.15) is 0 Å². The number of benzene rings is 1. The Labute approximate surface area is 119 Å². The Morgan fingerprint density at radius 1 is 1.30 bits per heavy atom. The number of aromatic nitrogens is 1. The molecular formula is C17H21NO2. The van der Waals surface area contributed by atoms with Crippen molar-refractivity contribution >= 4 is 16.9 Å². The minimum atomic E-state index is -0.852. The first kappa shape index (κ1) is 13.2. The second-order valence-corrected chi connectivity index (χ2v) is 6.01. The summed E-state index contributed by atoms with van der Waals surface area (Å²) in [7, 11) is 0. The van der Waals surface area contributed by atoms with Crippen LogP contribution in [0.25, 0.3) is 10.9 Å². The molecule has 1 heterocycles. The molecule has 20 heavy (non-hydrogen) atoms. The first-order valence-corrected chi connectivity index (χ1v) is 7.48. The summed E-state index contributed by atoms with van der Waals surface area (Å²) in [4.78, 5) is 11.1. The molecule has 0 unspecified atom stereocenters. The highest BCUT2D eigenvalue weighted by Crippen LogP contribution is 2.28. The first-order chi connectivity index (χ1) is 9.65. The molecule has 0 radical (unpaired) electrons. The molecule has 0 atom stereocenters. The van der Waals surface area contributed by atoms with Crippen molar-refractivity contribution in [1.29, 1.82) is 0 Å². The largest absolute Gasteiger partial charge is 0.478 e. The minimum Gasteiger partial charge on any atom is -0.478 e. The normalized spacial score (nSPS) is 16.6. The number of carboxylic acid groups (broad SMARTS) is 1. The molecule has 1 aromatic carbocycles. The van der Waals surface area contributed by atoms with E-state index in [1.807, 2.05) is 12.1 Å². The molecule has 1 N–H and O–H groups in total. The zero-order chi connectivity index (χ0) is 14.1. The lowest BCUT2D eigenvalue weighted by Gasteiger charge is -2.22. The Balaban J connectivity index is 1.96. The molecule has 3 rings (SSSR count). The van der Waals surface area contributed by atoms with E-state index in [0.29, 0.717) is 5.56 Å². The van der Waals surface area contributed by atoms with E-state index < -0.39 is 5.97 Å². The van der Waals surface area contributed by atoms with Crippen molar-refractivity contribution in [2.75, 3.05) is 0 Å². The molecule has 1 saturated carbocycles. The number of rotatable bonds is 3. The lowest BCUT2D eigenvalue weighted by atomic mass is 9.89. The zero-order valence-electron chi connectivity index (χ0n) is 11.9. The van der Waals surface area contributed by atoms with Gasteiger partial charge in [-0.1, -0.05) is 25.3 Å². The van der Waals surface area contributed by atoms with Gasteiger partial charge in [0.2, 0.25) is 0 Å². The average Bonchev–Trinajstić information content (AvgIpc) is 2.76. The number of hydrogen-bond acceptors (Lipinski definition) is 1. The molecular weight excluding hydrogens is 250 g/mol. The van der Waals surface area contributed by atoms with E-state index in [1.54, 1.807) is 6.07 Å². The molecule has 0 spiro atoms. The van der Waals surface area contributed by atoms with Crippen LogP contribution in [0.4, 0.5) is 0 Å². The Hall–Kier alpha value is -1.77. The topological polar surface area (TPSA) is 42.2 Å². The molecule has 0 saturated heterocycles. The van der Waals surface area contributed by atoms with Gasteiger partial charge in [-0.2, -0.15) is 0 Å². The summed E-state index contributed by atoms with van der Waals surface area (Å²) in [5.41, 5.74) is 2.67. The maximum absolute atomic E-state index is 11.1. The second kappa shape index (κ2) is 5.31. The molecule has 0 aliphatic heterocycles. The number of aromatic carboxylic acids is 1. The van der Waals surface area contributed by atoms with Gasteiger partial charge >= 0.3 is 5.97 Å². The smallest absolute Gasteiger partial charge is 0.335 e. The fourth-order valence-electron chi connectivity index (χ4n) is 3.41. The van der Waals surface area contributed by atoms with Crippen LogP contribution in [-0.2, 0) is 6.54 Å². The maximum atomic E-state index is 11.1. The van der Waals surface area contributed by atoms with Crippen LogP contribution in [0.5, 0.6) is 0 Å². The number of nitrogens with zero attached hydrogens (tertiary/aromatic N) is 1. The van der Waals surface area contributed by atoms with Crippen LogP contribution >= 0.6 is 0 Å². The molecule has 1 aromatic heterocycles. The third-order valence-corrected chi connectivity index (χ3v) is 4.51. The summed E-state index contributed by atoms with van der Waals surface area (Å²) in [5, 5.41) is 10.3. The summed E-state index contributed by atoms with van der Waals surface area (Å²) >= 11 is 0. The van der Waals surface area contributed by atoms with Gasteiger partial charge in [0.15, 0.2) is 0 Å². The first-order valence-electron chi connectivity index (χ1n) is 7.48. The fourth-order valence-corrected chi connectivity index (χ4v) is 3.41.